The number of amides is 1. The van der Waals surface area contributed by atoms with E-state index in [0.717, 1.165) is 27.6 Å². The van der Waals surface area contributed by atoms with Crippen molar-refractivity contribution in [3.8, 4) is 0 Å². The van der Waals surface area contributed by atoms with Crippen molar-refractivity contribution in [2.24, 2.45) is 0 Å². The van der Waals surface area contributed by atoms with Gasteiger partial charge in [-0.2, -0.15) is 5.10 Å². The molecule has 1 aliphatic rings. The molecule has 1 fully saturated rings. The second-order valence-electron chi connectivity index (χ2n) is 7.31. The van der Waals surface area contributed by atoms with Crippen LogP contribution in [0.3, 0.4) is 0 Å². The summed E-state index contributed by atoms with van der Waals surface area (Å²) in [4.78, 5) is 15.4. The second-order valence-corrected chi connectivity index (χ2v) is 10.7. The lowest BCUT2D eigenvalue weighted by Gasteiger charge is -2.18. The highest BCUT2D eigenvalue weighted by Gasteiger charge is 2.31. The van der Waals surface area contributed by atoms with E-state index in [-0.39, 0.29) is 23.5 Å². The average Bonchev–Trinajstić information content (AvgIpc) is 3.15. The molecule has 1 aliphatic heterocycles. The molecule has 0 spiro atoms. The van der Waals surface area contributed by atoms with Gasteiger partial charge in [0.05, 0.1) is 23.2 Å². The maximum Gasteiger partial charge on any atom is 0.223 e. The molecule has 0 aliphatic carbocycles. The van der Waals surface area contributed by atoms with Crippen LogP contribution in [0.5, 0.6) is 0 Å². The molecular formula is C20H27N3O3S2. The fourth-order valence-electron chi connectivity index (χ4n) is 3.54. The van der Waals surface area contributed by atoms with Gasteiger partial charge in [-0.25, -0.2) is 8.42 Å². The third-order valence-electron chi connectivity index (χ3n) is 5.18. The smallest absolute Gasteiger partial charge is 0.223 e. The first kappa shape index (κ1) is 20.9. The first-order chi connectivity index (χ1) is 13.3. The third kappa shape index (κ3) is 4.97. The van der Waals surface area contributed by atoms with Gasteiger partial charge in [0.25, 0.3) is 0 Å². The van der Waals surface area contributed by atoms with Crippen LogP contribution in [-0.2, 0) is 21.2 Å². The number of thioether (sulfide) groups is 1. The Morgan fingerprint density at radius 1 is 1.29 bits per heavy atom. The minimum Gasteiger partial charge on any atom is -0.341 e. The first-order valence-corrected chi connectivity index (χ1v) is 12.2. The molecule has 1 atom stereocenters. The van der Waals surface area contributed by atoms with Gasteiger partial charge in [-0.15, -0.1) is 11.8 Å². The monoisotopic (exact) mass is 421 g/mol. The summed E-state index contributed by atoms with van der Waals surface area (Å²) >= 11 is 1.68. The predicted molar refractivity (Wildman–Crippen MR) is 112 cm³/mol. The fourth-order valence-corrected chi connectivity index (χ4v) is 6.09. The molecule has 6 nitrogen and oxygen atoms in total. The molecule has 1 aromatic carbocycles. The van der Waals surface area contributed by atoms with Crippen molar-refractivity contribution in [1.82, 2.24) is 14.7 Å². The Labute approximate surface area is 171 Å². The van der Waals surface area contributed by atoms with Crippen LogP contribution in [-0.4, -0.2) is 53.3 Å². The summed E-state index contributed by atoms with van der Waals surface area (Å²) in [5.41, 5.74) is 2.83. The normalized spacial score (nSPS) is 18.3. The minimum atomic E-state index is -2.96. The maximum absolute atomic E-state index is 12.5. The number of hydrogen-bond acceptors (Lipinski definition) is 5. The number of sulfone groups is 1. The van der Waals surface area contributed by atoms with Gasteiger partial charge in [-0.05, 0) is 32.4 Å². The lowest BCUT2D eigenvalue weighted by Crippen LogP contribution is -2.27. The molecule has 3 rings (SSSR count). The van der Waals surface area contributed by atoms with Gasteiger partial charge in [0.2, 0.25) is 5.91 Å². The fraction of sp³-hybridized carbons (Fsp3) is 0.500. The van der Waals surface area contributed by atoms with Crippen molar-refractivity contribution in [2.75, 3.05) is 24.3 Å². The molecule has 0 saturated carbocycles. The molecule has 8 heteroatoms. The summed E-state index contributed by atoms with van der Waals surface area (Å²) in [5.74, 6) is 1.21. The number of aryl methyl sites for hydroxylation is 1. The van der Waals surface area contributed by atoms with Crippen molar-refractivity contribution >= 4 is 27.5 Å². The number of rotatable bonds is 7. The highest BCUT2D eigenvalue weighted by Crippen LogP contribution is 2.27. The third-order valence-corrected chi connectivity index (χ3v) is 7.94. The van der Waals surface area contributed by atoms with Gasteiger partial charge < -0.3 is 4.90 Å². The lowest BCUT2D eigenvalue weighted by molar-refractivity contribution is -0.129. The Bertz CT molecular complexity index is 939. The van der Waals surface area contributed by atoms with E-state index in [1.54, 1.807) is 16.7 Å². The van der Waals surface area contributed by atoms with Crippen LogP contribution >= 0.6 is 11.8 Å². The second kappa shape index (κ2) is 8.69. The maximum atomic E-state index is 12.5. The molecule has 0 radical (unpaired) electrons. The Morgan fingerprint density at radius 2 is 2.00 bits per heavy atom. The standard InChI is InChI=1S/C20H27N3O3S2/c1-15-19(16(2)23(21-15)17-10-12-28(25,26)14-17)13-22(3)20(24)9-11-27-18-7-5-4-6-8-18/h4-8,17H,9-14H2,1-3H3/t17-/m0/s1. The summed E-state index contributed by atoms with van der Waals surface area (Å²) in [5, 5.41) is 4.58. The molecule has 152 valence electrons. The zero-order valence-electron chi connectivity index (χ0n) is 16.6. The summed E-state index contributed by atoms with van der Waals surface area (Å²) in [6, 6.07) is 9.96. The topological polar surface area (TPSA) is 72.3 Å². The van der Waals surface area contributed by atoms with E-state index in [9.17, 15) is 13.2 Å². The number of carbonyl (C=O) groups excluding carboxylic acids is 1. The highest BCUT2D eigenvalue weighted by molar-refractivity contribution is 7.99. The molecule has 1 amide bonds. The summed E-state index contributed by atoms with van der Waals surface area (Å²) in [7, 11) is -1.15. The van der Waals surface area contributed by atoms with Gasteiger partial charge in [0.1, 0.15) is 0 Å². The molecule has 28 heavy (non-hydrogen) atoms. The molecule has 0 bridgehead atoms. The van der Waals surface area contributed by atoms with Crippen LogP contribution in [0.1, 0.15) is 35.8 Å². The van der Waals surface area contributed by atoms with E-state index in [4.69, 9.17) is 0 Å². The largest absolute Gasteiger partial charge is 0.341 e. The molecule has 2 aromatic rings. The highest BCUT2D eigenvalue weighted by atomic mass is 32.2. The van der Waals surface area contributed by atoms with Crippen molar-refractivity contribution in [2.45, 2.75) is 44.2 Å². The van der Waals surface area contributed by atoms with Crippen molar-refractivity contribution in [3.63, 3.8) is 0 Å². The van der Waals surface area contributed by atoms with Crippen LogP contribution in [0.25, 0.3) is 0 Å². The van der Waals surface area contributed by atoms with Crippen LogP contribution < -0.4 is 0 Å². The predicted octanol–water partition coefficient (Wildman–Crippen LogP) is 3.00. The Kier molecular flexibility index (Phi) is 6.50. The van der Waals surface area contributed by atoms with Crippen LogP contribution in [0.2, 0.25) is 0 Å². The lowest BCUT2D eigenvalue weighted by atomic mass is 10.1. The molecule has 1 aromatic heterocycles. The number of nitrogens with zero attached hydrogens (tertiary/aromatic N) is 3. The minimum absolute atomic E-state index is 0.0958. The Balaban J connectivity index is 1.59. The summed E-state index contributed by atoms with van der Waals surface area (Å²) in [6.45, 7) is 4.38. The number of hydrogen-bond donors (Lipinski definition) is 0. The molecule has 1 saturated heterocycles. The summed E-state index contributed by atoms with van der Waals surface area (Å²) in [6.07, 6.45) is 1.08. The van der Waals surface area contributed by atoms with Gasteiger partial charge in [-0.1, -0.05) is 18.2 Å². The van der Waals surface area contributed by atoms with Gasteiger partial charge >= 0.3 is 0 Å². The van der Waals surface area contributed by atoms with E-state index in [2.05, 4.69) is 5.10 Å². The zero-order valence-corrected chi connectivity index (χ0v) is 18.2. The van der Waals surface area contributed by atoms with Gasteiger partial charge in [0, 0.05) is 41.9 Å². The van der Waals surface area contributed by atoms with Gasteiger partial charge in [0.15, 0.2) is 9.84 Å². The van der Waals surface area contributed by atoms with Crippen molar-refractivity contribution in [3.05, 3.63) is 47.3 Å². The average molecular weight is 422 g/mol. The first-order valence-electron chi connectivity index (χ1n) is 9.43. The van der Waals surface area contributed by atoms with Crippen molar-refractivity contribution < 1.29 is 13.2 Å². The van der Waals surface area contributed by atoms with E-state index < -0.39 is 9.84 Å². The van der Waals surface area contributed by atoms with E-state index in [0.29, 0.717) is 19.4 Å². The summed E-state index contributed by atoms with van der Waals surface area (Å²) < 4.78 is 25.4. The van der Waals surface area contributed by atoms with E-state index >= 15 is 0 Å². The Hall–Kier alpha value is -1.80. The molecule has 0 unspecified atom stereocenters. The molecule has 0 N–H and O–H groups in total. The van der Waals surface area contributed by atoms with Crippen molar-refractivity contribution in [1.29, 1.82) is 0 Å². The molecular weight excluding hydrogens is 394 g/mol. The molecule has 2 heterocycles. The van der Waals surface area contributed by atoms with Crippen LogP contribution in [0.4, 0.5) is 0 Å². The quantitative estimate of drug-likeness (QED) is 0.643. The Morgan fingerprint density at radius 3 is 2.64 bits per heavy atom. The van der Waals surface area contributed by atoms with E-state index in [1.165, 1.54) is 0 Å². The number of aromatic nitrogens is 2. The number of carbonyl (C=O) groups is 1. The van der Waals surface area contributed by atoms with E-state index in [1.807, 2.05) is 55.9 Å². The number of benzene rings is 1. The SMILES string of the molecule is Cc1nn([C@H]2CCS(=O)(=O)C2)c(C)c1CN(C)C(=O)CCSc1ccccc1. The van der Waals surface area contributed by atoms with Crippen LogP contribution in [0, 0.1) is 13.8 Å². The van der Waals surface area contributed by atoms with Crippen LogP contribution in [0.15, 0.2) is 35.2 Å². The zero-order chi connectivity index (χ0) is 20.3. The van der Waals surface area contributed by atoms with Gasteiger partial charge in [-0.3, -0.25) is 9.48 Å².